The van der Waals surface area contributed by atoms with Crippen molar-refractivity contribution in [3.8, 4) is 0 Å². The van der Waals surface area contributed by atoms with Gasteiger partial charge in [-0.1, -0.05) is 25.6 Å². The average molecular weight is 869 g/mol. The van der Waals surface area contributed by atoms with E-state index in [1.165, 1.54) is 20.8 Å². The number of rotatable bonds is 21. The molecule has 0 aliphatic carbocycles. The van der Waals surface area contributed by atoms with Crippen molar-refractivity contribution in [2.45, 2.75) is 70.0 Å². The highest BCUT2D eigenvalue weighted by atomic mass is 32.2. The number of carbonyl (C=O) groups excluding carboxylic acids is 3. The Hall–Kier alpha value is -2.52. The zero-order valence-electron chi connectivity index (χ0n) is 29.3. The maximum atomic E-state index is 12.7. The molecule has 55 heavy (non-hydrogen) atoms. The summed E-state index contributed by atoms with van der Waals surface area (Å²) in [7, 11) is -16.4. The third-order valence-corrected chi connectivity index (χ3v) is 11.6. The monoisotopic (exact) mass is 868 g/mol. The zero-order chi connectivity index (χ0) is 41.5. The topological polar surface area (TPSA) is 410 Å². The maximum Gasteiger partial charge on any atom is 0.481 e. The number of aromatic nitrogens is 4. The van der Waals surface area contributed by atoms with Crippen molar-refractivity contribution in [3.63, 3.8) is 0 Å². The van der Waals surface area contributed by atoms with Crippen LogP contribution in [-0.4, -0.2) is 140 Å². The number of aliphatic hydroxyl groups is 3. The molecule has 312 valence electrons. The fourth-order valence-corrected chi connectivity index (χ4v) is 8.20. The quantitative estimate of drug-likeness (QED) is 0.0451. The highest BCUT2D eigenvalue weighted by Crippen LogP contribution is 2.61. The number of amides is 2. The summed E-state index contributed by atoms with van der Waals surface area (Å²) in [6.45, 7) is 1.61. The van der Waals surface area contributed by atoms with Gasteiger partial charge in [0.25, 0.3) is 0 Å². The Morgan fingerprint density at radius 1 is 1.05 bits per heavy atom. The lowest BCUT2D eigenvalue weighted by Gasteiger charge is -2.30. The lowest BCUT2D eigenvalue weighted by Crippen LogP contribution is -2.46. The molecular formula is C25H43N8O18P3S. The van der Waals surface area contributed by atoms with Crippen LogP contribution in [0.2, 0.25) is 0 Å². The van der Waals surface area contributed by atoms with E-state index in [-0.39, 0.29) is 42.2 Å². The van der Waals surface area contributed by atoms with Gasteiger partial charge in [0.2, 0.25) is 16.9 Å². The number of anilines is 1. The predicted molar refractivity (Wildman–Crippen MR) is 187 cm³/mol. The standard InChI is InChI=1S/C25H43N8O18P3S/c1-12(34)15(26)24(39)55-7-6-28-14(35)4-5-29-22(38)19(37)25(2,3)9-48-54(45,46)51-53(43,44)47-8-13-18(50-52(40,41)42)17(36)23(49-13)33-11-32-16-20(27)30-10-31-21(16)33/h10-13,15,17-19,23,34,36-37H,4-9,26H2,1-3H3,(H,28,35)(H,29,38)(H,43,44)(H,45,46)(H2,27,30,31)(H2,40,41,42)/t12-,13?,15+,17?,18?,19?,23?/m1/s1. The predicted octanol–water partition coefficient (Wildman–Crippen LogP) is -2.63. The van der Waals surface area contributed by atoms with Gasteiger partial charge in [-0.2, -0.15) is 4.31 Å². The Labute approximate surface area is 316 Å². The van der Waals surface area contributed by atoms with Gasteiger partial charge in [0, 0.05) is 30.7 Å². The van der Waals surface area contributed by atoms with Crippen molar-refractivity contribution in [1.29, 1.82) is 0 Å². The second-order valence-corrected chi connectivity index (χ2v) is 17.8. The molecule has 3 heterocycles. The molecule has 1 saturated heterocycles. The molecule has 0 saturated carbocycles. The average Bonchev–Trinajstić information content (AvgIpc) is 3.64. The van der Waals surface area contributed by atoms with Crippen LogP contribution in [0, 0.1) is 5.41 Å². The molecule has 2 amide bonds. The smallest absolute Gasteiger partial charge is 0.391 e. The van der Waals surface area contributed by atoms with Crippen molar-refractivity contribution in [2.75, 3.05) is 37.8 Å². The maximum absolute atomic E-state index is 12.7. The van der Waals surface area contributed by atoms with E-state index >= 15 is 0 Å². The summed E-state index contributed by atoms with van der Waals surface area (Å²) >= 11 is 0.822. The van der Waals surface area contributed by atoms with Crippen LogP contribution in [0.5, 0.6) is 0 Å². The first-order valence-corrected chi connectivity index (χ1v) is 21.3. The highest BCUT2D eigenvalue weighted by Gasteiger charge is 2.50. The summed E-state index contributed by atoms with van der Waals surface area (Å²) < 4.78 is 61.9. The number of phosphoric ester groups is 3. The molecular weight excluding hydrogens is 825 g/mol. The normalized spacial score (nSPS) is 23.0. The number of hydrogen-bond acceptors (Lipinski definition) is 20. The Morgan fingerprint density at radius 3 is 2.35 bits per heavy atom. The first-order chi connectivity index (χ1) is 25.3. The number of nitrogens with one attached hydrogen (secondary N) is 2. The van der Waals surface area contributed by atoms with Gasteiger partial charge in [-0.3, -0.25) is 32.5 Å². The zero-order valence-corrected chi connectivity index (χ0v) is 32.8. The van der Waals surface area contributed by atoms with Crippen LogP contribution < -0.4 is 22.1 Å². The number of phosphoric acid groups is 3. The van der Waals surface area contributed by atoms with Crippen molar-refractivity contribution in [1.82, 2.24) is 30.2 Å². The number of hydrogen-bond donors (Lipinski definition) is 11. The largest absolute Gasteiger partial charge is 0.481 e. The van der Waals surface area contributed by atoms with Crippen molar-refractivity contribution >= 4 is 69.1 Å². The lowest BCUT2D eigenvalue weighted by molar-refractivity contribution is -0.137. The Kier molecular flexibility index (Phi) is 16.4. The molecule has 26 nitrogen and oxygen atoms in total. The summed E-state index contributed by atoms with van der Waals surface area (Å²) in [5.41, 5.74) is 9.74. The van der Waals surface area contributed by atoms with Gasteiger partial charge in [0.05, 0.1) is 25.6 Å². The minimum Gasteiger partial charge on any atom is -0.391 e. The number of ether oxygens (including phenoxy) is 1. The fraction of sp³-hybridized carbons (Fsp3) is 0.680. The highest BCUT2D eigenvalue weighted by molar-refractivity contribution is 8.13. The van der Waals surface area contributed by atoms with E-state index in [0.29, 0.717) is 0 Å². The van der Waals surface area contributed by atoms with Gasteiger partial charge < -0.3 is 61.7 Å². The van der Waals surface area contributed by atoms with Crippen LogP contribution >= 0.6 is 35.2 Å². The van der Waals surface area contributed by atoms with Gasteiger partial charge in [-0.05, 0) is 6.92 Å². The number of nitrogens with two attached hydrogens (primary N) is 2. The number of carbonyl (C=O) groups is 3. The first-order valence-electron chi connectivity index (χ1n) is 15.8. The molecule has 3 rings (SSSR count). The molecule has 0 bridgehead atoms. The molecule has 9 atom stereocenters. The minimum atomic E-state index is -5.58. The van der Waals surface area contributed by atoms with Crippen molar-refractivity contribution in [2.24, 2.45) is 11.1 Å². The van der Waals surface area contributed by atoms with Crippen LogP contribution in [-0.2, 0) is 50.7 Å². The number of thioether (sulfide) groups is 1. The number of nitrogens with zero attached hydrogens (tertiary/aromatic N) is 4. The lowest BCUT2D eigenvalue weighted by atomic mass is 9.87. The number of fused-ring (bicyclic) bond motifs is 1. The van der Waals surface area contributed by atoms with Crippen LogP contribution in [0.15, 0.2) is 12.7 Å². The second kappa shape index (κ2) is 19.3. The van der Waals surface area contributed by atoms with E-state index in [1.807, 2.05) is 0 Å². The van der Waals surface area contributed by atoms with Gasteiger partial charge in [0.15, 0.2) is 17.7 Å². The van der Waals surface area contributed by atoms with Crippen LogP contribution in [0.4, 0.5) is 5.82 Å². The summed E-state index contributed by atoms with van der Waals surface area (Å²) in [6.07, 6.45) is -8.08. The van der Waals surface area contributed by atoms with Crippen LogP contribution in [0.3, 0.4) is 0 Å². The summed E-state index contributed by atoms with van der Waals surface area (Å²) in [5, 5.41) is 35.1. The minimum absolute atomic E-state index is 0.0227. The molecule has 30 heteroatoms. The number of nitrogen functional groups attached to an aromatic ring is 1. The molecule has 1 fully saturated rings. The van der Waals surface area contributed by atoms with E-state index in [4.69, 9.17) is 25.3 Å². The molecule has 2 aromatic rings. The van der Waals surface area contributed by atoms with Crippen LogP contribution in [0.25, 0.3) is 11.2 Å². The van der Waals surface area contributed by atoms with Gasteiger partial charge in [-0.25, -0.2) is 28.6 Å². The fourth-order valence-electron chi connectivity index (χ4n) is 4.57. The van der Waals surface area contributed by atoms with Gasteiger partial charge in [-0.15, -0.1) is 0 Å². The molecule has 2 aromatic heterocycles. The third kappa shape index (κ3) is 13.8. The van der Waals surface area contributed by atoms with E-state index in [9.17, 15) is 63.0 Å². The molecule has 13 N–H and O–H groups in total. The molecule has 7 unspecified atom stereocenters. The number of aliphatic hydroxyl groups excluding tert-OH is 3. The Bertz CT molecular complexity index is 1820. The summed E-state index contributed by atoms with van der Waals surface area (Å²) in [5.74, 6) is -1.39. The molecule has 1 aliphatic rings. The third-order valence-electron chi connectivity index (χ3n) is 7.54. The summed E-state index contributed by atoms with van der Waals surface area (Å²) in [4.78, 5) is 87.1. The van der Waals surface area contributed by atoms with E-state index in [0.717, 1.165) is 29.0 Å². The van der Waals surface area contributed by atoms with Gasteiger partial charge >= 0.3 is 23.5 Å². The molecule has 0 spiro atoms. The SMILES string of the molecule is C[C@@H](O)[C@H](N)C(=O)SCCNC(=O)CCNC(=O)C(O)C(C)(C)COP(=O)(O)OP(=O)(O)OCC1OC(n2cnc3c(N)ncnc32)C(O)C1OP(=O)(O)O. The molecule has 1 aliphatic heterocycles. The molecule has 0 aromatic carbocycles. The van der Waals surface area contributed by atoms with Crippen molar-refractivity contribution in [3.05, 3.63) is 12.7 Å². The van der Waals surface area contributed by atoms with E-state index < -0.39 is 102 Å². The van der Waals surface area contributed by atoms with Gasteiger partial charge in [0.1, 0.15) is 42.3 Å². The second-order valence-electron chi connectivity index (χ2n) is 12.5. The summed E-state index contributed by atoms with van der Waals surface area (Å²) in [6, 6.07) is -1.07. The van der Waals surface area contributed by atoms with Crippen LogP contribution in [0.1, 0.15) is 33.4 Å². The Morgan fingerprint density at radius 2 is 1.71 bits per heavy atom. The first kappa shape index (κ1) is 46.9. The number of imidazole rings is 1. The van der Waals surface area contributed by atoms with E-state index in [1.54, 1.807) is 0 Å². The van der Waals surface area contributed by atoms with Crippen molar-refractivity contribution < 1.29 is 85.6 Å². The molecule has 0 radical (unpaired) electrons. The van der Waals surface area contributed by atoms with E-state index in [2.05, 4.69) is 34.4 Å². The Balaban J connectivity index is 1.50.